The number of halogens is 1. The number of carbonyl (C=O) groups excluding carboxylic acids is 1. The number of hydrogen-bond donors (Lipinski definition) is 0. The molecule has 2 aromatic heterocycles. The van der Waals surface area contributed by atoms with Gasteiger partial charge in [-0.25, -0.2) is 4.39 Å². The molecule has 1 aromatic carbocycles. The molecular weight excluding hydrogens is 533 g/mol. The number of aromatic nitrogens is 4. The molecule has 8 aliphatic rings. The second-order valence-corrected chi connectivity index (χ2v) is 15.0. The van der Waals surface area contributed by atoms with E-state index in [1.54, 1.807) is 0 Å². The van der Waals surface area contributed by atoms with E-state index < -0.39 is 5.67 Å². The average Bonchev–Trinajstić information content (AvgIpc) is 3.91. The Morgan fingerprint density at radius 3 is 2.24 bits per heavy atom. The van der Waals surface area contributed by atoms with Gasteiger partial charge in [-0.2, -0.15) is 9.97 Å². The molecule has 0 spiro atoms. The maximum atomic E-state index is 14.4. The van der Waals surface area contributed by atoms with Crippen molar-refractivity contribution in [2.24, 2.45) is 10.8 Å². The van der Waals surface area contributed by atoms with Crippen LogP contribution in [0.1, 0.15) is 126 Å². The van der Waals surface area contributed by atoms with Crippen molar-refractivity contribution in [3.05, 3.63) is 41.8 Å². The van der Waals surface area contributed by atoms with Gasteiger partial charge in [0.1, 0.15) is 5.67 Å². The van der Waals surface area contributed by atoms with Gasteiger partial charge in [0.05, 0.1) is 0 Å². The van der Waals surface area contributed by atoms with E-state index in [0.29, 0.717) is 43.4 Å². The van der Waals surface area contributed by atoms with Crippen molar-refractivity contribution in [1.29, 1.82) is 0 Å². The predicted molar refractivity (Wildman–Crippen MR) is 151 cm³/mol. The Bertz CT molecular complexity index is 1530. The number of fused-ring (bicyclic) bond motifs is 3. The lowest BCUT2D eigenvalue weighted by Crippen LogP contribution is -2.66. The van der Waals surface area contributed by atoms with E-state index in [0.717, 1.165) is 80.2 Å². The third-order valence-corrected chi connectivity index (χ3v) is 12.0. The van der Waals surface area contributed by atoms with Crippen LogP contribution in [-0.2, 0) is 10.2 Å². The van der Waals surface area contributed by atoms with E-state index in [9.17, 15) is 9.18 Å². The topological polar surface area (TPSA) is 98.2 Å². The fourth-order valence-electron chi connectivity index (χ4n) is 9.08. The van der Waals surface area contributed by atoms with Crippen LogP contribution >= 0.6 is 0 Å². The summed E-state index contributed by atoms with van der Waals surface area (Å²) < 4.78 is 25.9. The lowest BCUT2D eigenvalue weighted by molar-refractivity contribution is -0.215. The number of anilines is 1. The van der Waals surface area contributed by atoms with E-state index >= 15 is 0 Å². The Hall–Kier alpha value is -3.10. The highest BCUT2D eigenvalue weighted by Crippen LogP contribution is 2.71. The van der Waals surface area contributed by atoms with Crippen LogP contribution in [-0.4, -0.2) is 37.9 Å². The first-order chi connectivity index (χ1) is 20.3. The summed E-state index contributed by atoms with van der Waals surface area (Å²) in [4.78, 5) is 25.8. The normalized spacial score (nSPS) is 35.4. The quantitative estimate of drug-likeness (QED) is 0.268. The van der Waals surface area contributed by atoms with Crippen molar-refractivity contribution < 1.29 is 18.2 Å². The van der Waals surface area contributed by atoms with Crippen LogP contribution in [0.5, 0.6) is 0 Å². The molecule has 0 saturated heterocycles. The number of carbonyl (C=O) groups is 1. The Labute approximate surface area is 244 Å². The SMILES string of the molecule is CC(N(C(=O)CC12CC(F)(C1)C2)c1cccc(-c2nc(C3CC3)no2)c1)C12CCC(c3nc(C4CC4)no3)(CC1)CC2. The zero-order valence-electron chi connectivity index (χ0n) is 24.3. The van der Waals surface area contributed by atoms with Crippen molar-refractivity contribution in [1.82, 2.24) is 20.3 Å². The van der Waals surface area contributed by atoms with Gasteiger partial charge in [0, 0.05) is 41.0 Å². The molecule has 3 aromatic rings. The molecule has 0 N–H and O–H groups in total. The van der Waals surface area contributed by atoms with Crippen LogP contribution < -0.4 is 4.90 Å². The van der Waals surface area contributed by atoms with Gasteiger partial charge >= 0.3 is 0 Å². The molecule has 11 rings (SSSR count). The van der Waals surface area contributed by atoms with Gasteiger partial charge in [0.2, 0.25) is 11.8 Å². The molecule has 1 atom stereocenters. The van der Waals surface area contributed by atoms with Gasteiger partial charge < -0.3 is 13.9 Å². The van der Waals surface area contributed by atoms with E-state index in [1.165, 1.54) is 12.8 Å². The number of rotatable bonds is 9. The third-order valence-electron chi connectivity index (χ3n) is 12.0. The lowest BCUT2D eigenvalue weighted by atomic mass is 9.41. The number of hydrogen-bond acceptors (Lipinski definition) is 7. The monoisotopic (exact) mass is 571 g/mol. The third kappa shape index (κ3) is 3.87. The maximum absolute atomic E-state index is 14.4. The van der Waals surface area contributed by atoms with Crippen molar-refractivity contribution >= 4 is 11.6 Å². The molecule has 0 aliphatic heterocycles. The maximum Gasteiger partial charge on any atom is 0.258 e. The van der Waals surface area contributed by atoms with Crippen molar-refractivity contribution in [3.8, 4) is 11.5 Å². The molecule has 220 valence electrons. The number of nitrogens with zero attached hydrogens (tertiary/aromatic N) is 5. The standard InChI is InChI=1S/C33H38FN5O3/c1-20(31-9-12-32(13-10-31,14-11-31)29-36-27(38-42-29)22-7-8-22)39(25(40)16-30-17-33(34,18-30)19-30)24-4-2-3-23(15-24)28-35-26(37-41-28)21-5-6-21/h2-4,15,20-22H,5-14,16-19H2,1H3. The smallest absolute Gasteiger partial charge is 0.258 e. The summed E-state index contributed by atoms with van der Waals surface area (Å²) in [5, 5.41) is 8.54. The molecule has 2 heterocycles. The van der Waals surface area contributed by atoms with Gasteiger partial charge in [-0.05, 0) is 119 Å². The van der Waals surface area contributed by atoms with Crippen LogP contribution in [0.15, 0.2) is 33.3 Å². The molecular formula is C33H38FN5O3. The Kier molecular flexibility index (Phi) is 5.14. The first-order valence-corrected chi connectivity index (χ1v) is 16.1. The highest BCUT2D eigenvalue weighted by molar-refractivity contribution is 5.95. The summed E-state index contributed by atoms with van der Waals surface area (Å²) in [6.07, 6.45) is 12.6. The summed E-state index contributed by atoms with van der Waals surface area (Å²) in [7, 11) is 0. The molecule has 42 heavy (non-hydrogen) atoms. The highest BCUT2D eigenvalue weighted by Gasteiger charge is 2.69. The average molecular weight is 572 g/mol. The van der Waals surface area contributed by atoms with Gasteiger partial charge in [-0.15, -0.1) is 0 Å². The molecule has 8 nitrogen and oxygen atoms in total. The van der Waals surface area contributed by atoms with Crippen LogP contribution in [0.2, 0.25) is 0 Å². The fraction of sp³-hybridized carbons (Fsp3) is 0.667. The van der Waals surface area contributed by atoms with Crippen molar-refractivity contribution in [3.63, 3.8) is 0 Å². The van der Waals surface area contributed by atoms with Gasteiger partial charge in [-0.3, -0.25) is 4.79 Å². The summed E-state index contributed by atoms with van der Waals surface area (Å²) >= 11 is 0. The predicted octanol–water partition coefficient (Wildman–Crippen LogP) is 7.17. The largest absolute Gasteiger partial charge is 0.339 e. The highest BCUT2D eigenvalue weighted by atomic mass is 19.1. The number of benzene rings is 1. The van der Waals surface area contributed by atoms with Gasteiger partial charge in [0.25, 0.3) is 5.89 Å². The van der Waals surface area contributed by atoms with Crippen LogP contribution in [0.4, 0.5) is 10.1 Å². The molecule has 9 heteroatoms. The Morgan fingerprint density at radius 1 is 0.952 bits per heavy atom. The van der Waals surface area contributed by atoms with Crippen molar-refractivity contribution in [2.45, 2.75) is 126 Å². The minimum absolute atomic E-state index is 0.000317. The molecule has 0 radical (unpaired) electrons. The van der Waals surface area contributed by atoms with Crippen LogP contribution in [0.25, 0.3) is 11.5 Å². The van der Waals surface area contributed by atoms with Gasteiger partial charge in [-0.1, -0.05) is 16.4 Å². The zero-order chi connectivity index (χ0) is 28.3. The molecule has 4 bridgehead atoms. The van der Waals surface area contributed by atoms with E-state index in [1.807, 2.05) is 29.2 Å². The summed E-state index contributed by atoms with van der Waals surface area (Å²) in [5.74, 6) is 4.00. The minimum atomic E-state index is -1.02. The van der Waals surface area contributed by atoms with E-state index in [-0.39, 0.29) is 28.2 Å². The first-order valence-electron chi connectivity index (χ1n) is 16.1. The zero-order valence-corrected chi connectivity index (χ0v) is 24.3. The van der Waals surface area contributed by atoms with Gasteiger partial charge in [0.15, 0.2) is 11.6 Å². The fourth-order valence-corrected chi connectivity index (χ4v) is 9.08. The molecule has 8 saturated carbocycles. The minimum Gasteiger partial charge on any atom is -0.339 e. The summed E-state index contributed by atoms with van der Waals surface area (Å²) in [6, 6.07) is 8.01. The molecule has 1 unspecified atom stereocenters. The van der Waals surface area contributed by atoms with E-state index in [2.05, 4.69) is 22.2 Å². The molecule has 8 aliphatic carbocycles. The van der Waals surface area contributed by atoms with Crippen molar-refractivity contribution in [2.75, 3.05) is 4.90 Å². The summed E-state index contributed by atoms with van der Waals surface area (Å²) in [6.45, 7) is 2.23. The van der Waals surface area contributed by atoms with Crippen LogP contribution in [0.3, 0.4) is 0 Å². The van der Waals surface area contributed by atoms with E-state index in [4.69, 9.17) is 14.0 Å². The van der Waals surface area contributed by atoms with Crippen LogP contribution in [0, 0.1) is 10.8 Å². The number of alkyl halides is 1. The second kappa shape index (κ2) is 8.50. The first kappa shape index (κ1) is 25.4. The Balaban J connectivity index is 1.01. The number of amides is 1. The molecule has 8 fully saturated rings. The molecule has 1 amide bonds. The Morgan fingerprint density at radius 2 is 1.60 bits per heavy atom. The second-order valence-electron chi connectivity index (χ2n) is 15.0. The lowest BCUT2D eigenvalue weighted by Gasteiger charge is -2.66. The summed E-state index contributed by atoms with van der Waals surface area (Å²) in [5.41, 5.74) is 0.496.